The van der Waals surface area contributed by atoms with Crippen LogP contribution in [-0.2, 0) is 6.18 Å². The number of alkyl halides is 3. The molecule has 0 aliphatic carbocycles. The van der Waals surface area contributed by atoms with Crippen LogP contribution >= 0.6 is 0 Å². The lowest BCUT2D eigenvalue weighted by atomic mass is 9.93. The molecule has 1 aromatic carbocycles. The number of carbonyl (C=O) groups is 3. The molecule has 0 bridgehead atoms. The van der Waals surface area contributed by atoms with Crippen molar-refractivity contribution >= 4 is 17.7 Å². The Morgan fingerprint density at radius 1 is 1.13 bits per heavy atom. The molecular formula is C19H25F3N2O6. The molecule has 0 aromatic heterocycles. The summed E-state index contributed by atoms with van der Waals surface area (Å²) in [6, 6.07) is -1.35. The molecule has 0 saturated heterocycles. The monoisotopic (exact) mass is 434 g/mol. The number of hydrogen-bond acceptors (Lipinski definition) is 6. The van der Waals surface area contributed by atoms with E-state index < -0.39 is 65.1 Å². The summed E-state index contributed by atoms with van der Waals surface area (Å²) in [7, 11) is 0.974. The number of rotatable bonds is 7. The molecule has 8 nitrogen and oxygen atoms in total. The maximum absolute atomic E-state index is 13.7. The van der Waals surface area contributed by atoms with Gasteiger partial charge in [0.1, 0.15) is 0 Å². The number of nitrogens with zero attached hydrogens (tertiary/aromatic N) is 1. The second-order valence-electron chi connectivity index (χ2n) is 6.97. The fraction of sp³-hybridized carbons (Fsp3) is 0.526. The number of aliphatic hydroxyl groups excluding tert-OH is 1. The van der Waals surface area contributed by atoms with Gasteiger partial charge >= 0.3 is 12.2 Å². The molecule has 0 radical (unpaired) electrons. The first-order valence-electron chi connectivity index (χ1n) is 9.06. The van der Waals surface area contributed by atoms with Crippen LogP contribution in [-0.4, -0.2) is 58.6 Å². The van der Waals surface area contributed by atoms with Gasteiger partial charge in [0, 0.05) is 18.5 Å². The zero-order chi connectivity index (χ0) is 23.4. The Balaban J connectivity index is 3.69. The number of aromatic hydroxyl groups is 1. The Labute approximate surface area is 171 Å². The van der Waals surface area contributed by atoms with Gasteiger partial charge in [0.05, 0.1) is 30.4 Å². The first-order valence-corrected chi connectivity index (χ1v) is 9.06. The number of phenols is 1. The summed E-state index contributed by atoms with van der Waals surface area (Å²) < 4.78 is 45.7. The summed E-state index contributed by atoms with van der Waals surface area (Å²) in [5.41, 5.74) is -3.77. The van der Waals surface area contributed by atoms with Crippen molar-refractivity contribution < 1.29 is 42.5 Å². The van der Waals surface area contributed by atoms with Crippen LogP contribution < -0.4 is 10.1 Å². The van der Waals surface area contributed by atoms with Crippen molar-refractivity contribution in [3.05, 3.63) is 22.8 Å². The number of aliphatic hydroxyl groups is 1. The van der Waals surface area contributed by atoms with E-state index in [9.17, 15) is 32.7 Å². The molecule has 0 fully saturated rings. The van der Waals surface area contributed by atoms with Gasteiger partial charge in [-0.2, -0.15) is 13.2 Å². The molecule has 3 amide bonds. The Kier molecular flexibility index (Phi) is 8.23. The number of carbonyl (C=O) groups excluding carboxylic acids is 3. The second-order valence-corrected chi connectivity index (χ2v) is 6.97. The second kappa shape index (κ2) is 9.79. The highest BCUT2D eigenvalue weighted by atomic mass is 19.4. The minimum atomic E-state index is -5.11. The predicted molar refractivity (Wildman–Crippen MR) is 101 cm³/mol. The van der Waals surface area contributed by atoms with Gasteiger partial charge in [-0.15, -0.1) is 0 Å². The number of phenolic OH excluding ortho intramolecular Hbond substituents is 1. The van der Waals surface area contributed by atoms with Crippen LogP contribution in [0.4, 0.5) is 18.0 Å². The number of ketones is 1. The fourth-order valence-corrected chi connectivity index (χ4v) is 3.05. The zero-order valence-electron chi connectivity index (χ0n) is 17.3. The number of amides is 3. The summed E-state index contributed by atoms with van der Waals surface area (Å²) in [4.78, 5) is 38.8. The van der Waals surface area contributed by atoms with Crippen molar-refractivity contribution in [2.45, 2.75) is 52.4 Å². The van der Waals surface area contributed by atoms with E-state index in [4.69, 9.17) is 9.84 Å². The Bertz CT molecular complexity index is 813. The van der Waals surface area contributed by atoms with Crippen molar-refractivity contribution in [3.63, 3.8) is 0 Å². The third-order valence-electron chi connectivity index (χ3n) is 4.20. The molecule has 1 rings (SSSR count). The SMILES string of the molecule is COc1cc(C(F)(F)F)c(C(=O)NC(=O)N(C(C)C)C(C)C)c(C(=O)CCO)c1O. The number of urea groups is 1. The quantitative estimate of drug-likeness (QED) is 0.569. The first-order chi connectivity index (χ1) is 13.8. The zero-order valence-corrected chi connectivity index (χ0v) is 17.3. The minimum absolute atomic E-state index is 0.368. The lowest BCUT2D eigenvalue weighted by Crippen LogP contribution is -2.49. The molecule has 0 aliphatic heterocycles. The van der Waals surface area contributed by atoms with E-state index in [1.54, 1.807) is 27.7 Å². The van der Waals surface area contributed by atoms with Crippen LogP contribution in [0, 0.1) is 0 Å². The van der Waals surface area contributed by atoms with Crippen molar-refractivity contribution in [2.75, 3.05) is 13.7 Å². The van der Waals surface area contributed by atoms with Gasteiger partial charge in [-0.05, 0) is 33.8 Å². The molecule has 0 spiro atoms. The third kappa shape index (κ3) is 5.41. The smallest absolute Gasteiger partial charge is 0.417 e. The van der Waals surface area contributed by atoms with Crippen LogP contribution in [0.15, 0.2) is 6.07 Å². The fourth-order valence-electron chi connectivity index (χ4n) is 3.05. The van der Waals surface area contributed by atoms with Crippen molar-refractivity contribution in [1.82, 2.24) is 10.2 Å². The van der Waals surface area contributed by atoms with Gasteiger partial charge in [-0.1, -0.05) is 0 Å². The maximum Gasteiger partial charge on any atom is 0.417 e. The largest absolute Gasteiger partial charge is 0.504 e. The van der Waals surface area contributed by atoms with Gasteiger partial charge in [0.25, 0.3) is 5.91 Å². The van der Waals surface area contributed by atoms with E-state index in [1.165, 1.54) is 4.90 Å². The van der Waals surface area contributed by atoms with E-state index in [0.717, 1.165) is 7.11 Å². The lowest BCUT2D eigenvalue weighted by molar-refractivity contribution is -0.138. The molecule has 11 heteroatoms. The molecule has 0 atom stereocenters. The summed E-state index contributed by atoms with van der Waals surface area (Å²) in [5.74, 6) is -4.32. The number of methoxy groups -OCH3 is 1. The number of Topliss-reactive ketones (excluding diaryl/α,β-unsaturated/α-hetero) is 1. The maximum atomic E-state index is 13.7. The Morgan fingerprint density at radius 3 is 2.07 bits per heavy atom. The topological polar surface area (TPSA) is 116 Å². The van der Waals surface area contributed by atoms with Gasteiger partial charge in [-0.25, -0.2) is 4.79 Å². The van der Waals surface area contributed by atoms with Crippen molar-refractivity contribution in [1.29, 1.82) is 0 Å². The van der Waals surface area contributed by atoms with Gasteiger partial charge in [0.15, 0.2) is 17.3 Å². The van der Waals surface area contributed by atoms with Crippen molar-refractivity contribution in [3.8, 4) is 11.5 Å². The summed E-state index contributed by atoms with van der Waals surface area (Å²) in [6.45, 7) is 5.88. The van der Waals surface area contributed by atoms with Crippen LogP contribution in [0.25, 0.3) is 0 Å². The van der Waals surface area contributed by atoms with Crippen LogP contribution in [0.2, 0.25) is 0 Å². The highest BCUT2D eigenvalue weighted by Crippen LogP contribution is 2.42. The van der Waals surface area contributed by atoms with Gasteiger partial charge < -0.3 is 19.8 Å². The van der Waals surface area contributed by atoms with Gasteiger partial charge in [-0.3, -0.25) is 14.9 Å². The number of nitrogens with one attached hydrogen (secondary N) is 1. The normalized spacial score (nSPS) is 11.6. The minimum Gasteiger partial charge on any atom is -0.504 e. The van der Waals surface area contributed by atoms with E-state index in [1.807, 2.05) is 5.32 Å². The molecule has 0 heterocycles. The average Bonchev–Trinajstić information content (AvgIpc) is 2.59. The van der Waals surface area contributed by atoms with Crippen molar-refractivity contribution in [2.24, 2.45) is 0 Å². The number of imide groups is 1. The van der Waals surface area contributed by atoms with Crippen LogP contribution in [0.5, 0.6) is 11.5 Å². The lowest BCUT2D eigenvalue weighted by Gasteiger charge is -2.30. The van der Waals surface area contributed by atoms with Gasteiger partial charge in [0.2, 0.25) is 0 Å². The molecule has 0 aliphatic rings. The Hall–Kier alpha value is -2.82. The average molecular weight is 434 g/mol. The number of hydrogen-bond donors (Lipinski definition) is 3. The number of benzene rings is 1. The van der Waals surface area contributed by atoms with E-state index in [0.29, 0.717) is 6.07 Å². The third-order valence-corrected chi connectivity index (χ3v) is 4.20. The summed E-state index contributed by atoms with van der Waals surface area (Å²) in [6.07, 6.45) is -5.77. The number of halogens is 3. The molecule has 0 saturated carbocycles. The summed E-state index contributed by atoms with van der Waals surface area (Å²) >= 11 is 0. The highest BCUT2D eigenvalue weighted by Gasteiger charge is 2.41. The predicted octanol–water partition coefficient (Wildman–Crippen LogP) is 2.95. The molecule has 30 heavy (non-hydrogen) atoms. The van der Waals surface area contributed by atoms with E-state index >= 15 is 0 Å². The Morgan fingerprint density at radius 2 is 1.67 bits per heavy atom. The standard InChI is InChI=1S/C19H25F3N2O6/c1-9(2)24(10(3)4)18(29)23-17(28)14-11(19(20,21)22)8-13(30-5)16(27)15(14)12(26)6-7-25/h8-10,25,27H,6-7H2,1-5H3,(H,23,28,29). The van der Waals surface area contributed by atoms with Crippen LogP contribution in [0.1, 0.15) is 60.4 Å². The first kappa shape index (κ1) is 25.2. The summed E-state index contributed by atoms with van der Waals surface area (Å²) in [5, 5.41) is 21.1. The molecule has 168 valence electrons. The molecule has 0 unspecified atom stereocenters. The molecular weight excluding hydrogens is 409 g/mol. The highest BCUT2D eigenvalue weighted by molar-refractivity contribution is 6.14. The van der Waals surface area contributed by atoms with E-state index in [2.05, 4.69) is 0 Å². The molecule has 1 aromatic rings. The van der Waals surface area contributed by atoms with E-state index in [-0.39, 0.29) is 12.1 Å². The molecule has 3 N–H and O–H groups in total. The van der Waals surface area contributed by atoms with Crippen LogP contribution in [0.3, 0.4) is 0 Å². The number of ether oxygens (including phenoxy) is 1.